The van der Waals surface area contributed by atoms with Gasteiger partial charge in [0.15, 0.2) is 0 Å². The predicted molar refractivity (Wildman–Crippen MR) is 57.8 cm³/mol. The van der Waals surface area contributed by atoms with Crippen LogP contribution in [0.5, 0.6) is 0 Å². The van der Waals surface area contributed by atoms with Gasteiger partial charge < -0.3 is 15.0 Å². The topological polar surface area (TPSA) is 58.6 Å². The zero-order chi connectivity index (χ0) is 11.8. The van der Waals surface area contributed by atoms with E-state index < -0.39 is 6.04 Å². The van der Waals surface area contributed by atoms with Crippen LogP contribution in [0.3, 0.4) is 0 Å². The molecule has 2 rings (SSSR count). The Hall–Kier alpha value is -1.10. The quantitative estimate of drug-likeness (QED) is 0.679. The molecule has 2 saturated heterocycles. The van der Waals surface area contributed by atoms with Crippen molar-refractivity contribution in [1.29, 1.82) is 0 Å². The first-order valence-electron chi connectivity index (χ1n) is 5.71. The number of carbonyl (C=O) groups is 2. The Kier molecular flexibility index (Phi) is 2.88. The number of carbonyl (C=O) groups excluding carboxylic acids is 2. The Bertz CT molecular complexity index is 310. The smallest absolute Gasteiger partial charge is 0.245 e. The molecule has 0 bridgehead atoms. The molecule has 1 N–H and O–H groups in total. The van der Waals surface area contributed by atoms with E-state index in [1.807, 2.05) is 6.92 Å². The van der Waals surface area contributed by atoms with Crippen molar-refractivity contribution in [2.24, 2.45) is 0 Å². The van der Waals surface area contributed by atoms with Crippen LogP contribution in [-0.4, -0.2) is 48.1 Å². The summed E-state index contributed by atoms with van der Waals surface area (Å²) in [6, 6.07) is -0.402. The number of nitrogens with one attached hydrogen (secondary N) is 1. The first-order chi connectivity index (χ1) is 7.53. The van der Waals surface area contributed by atoms with Gasteiger partial charge in [-0.25, -0.2) is 0 Å². The number of hydrogen-bond acceptors (Lipinski definition) is 3. The van der Waals surface area contributed by atoms with Crippen LogP contribution in [0.4, 0.5) is 0 Å². The van der Waals surface area contributed by atoms with Crippen LogP contribution in [0.25, 0.3) is 0 Å². The number of nitrogens with zero attached hydrogens (tertiary/aromatic N) is 1. The van der Waals surface area contributed by atoms with Gasteiger partial charge in [-0.3, -0.25) is 9.59 Å². The van der Waals surface area contributed by atoms with Gasteiger partial charge >= 0.3 is 0 Å². The fourth-order valence-corrected chi connectivity index (χ4v) is 2.34. The molecule has 0 aromatic rings. The van der Waals surface area contributed by atoms with E-state index >= 15 is 0 Å². The summed E-state index contributed by atoms with van der Waals surface area (Å²) in [5.74, 6) is -0.0520. The SMILES string of the molecule is CC1NC(=O)CN(C2(C)CCOCC2)C1=O. The first-order valence-corrected chi connectivity index (χ1v) is 5.71. The summed E-state index contributed by atoms with van der Waals surface area (Å²) >= 11 is 0. The second kappa shape index (κ2) is 4.05. The van der Waals surface area contributed by atoms with Gasteiger partial charge in [0.2, 0.25) is 11.8 Å². The van der Waals surface area contributed by atoms with Crippen molar-refractivity contribution in [3.8, 4) is 0 Å². The maximum atomic E-state index is 12.0. The molecular weight excluding hydrogens is 208 g/mol. The average molecular weight is 226 g/mol. The van der Waals surface area contributed by atoms with Crippen LogP contribution in [0.2, 0.25) is 0 Å². The summed E-state index contributed by atoms with van der Waals surface area (Å²) in [5, 5.41) is 2.65. The van der Waals surface area contributed by atoms with Gasteiger partial charge in [0.25, 0.3) is 0 Å². The predicted octanol–water partition coefficient (Wildman–Crippen LogP) is -0.0976. The highest BCUT2D eigenvalue weighted by Gasteiger charge is 2.42. The van der Waals surface area contributed by atoms with Gasteiger partial charge in [0.05, 0.1) is 0 Å². The van der Waals surface area contributed by atoms with Gasteiger partial charge in [-0.05, 0) is 26.7 Å². The standard InChI is InChI=1S/C11H18N2O3/c1-8-10(15)13(7-9(14)12-8)11(2)3-5-16-6-4-11/h8H,3-7H2,1-2H3,(H,12,14). The minimum Gasteiger partial charge on any atom is -0.381 e. The zero-order valence-corrected chi connectivity index (χ0v) is 9.78. The molecule has 0 saturated carbocycles. The molecular formula is C11H18N2O3. The Morgan fingerprint density at radius 1 is 1.38 bits per heavy atom. The van der Waals surface area contributed by atoms with E-state index in [1.54, 1.807) is 11.8 Å². The maximum Gasteiger partial charge on any atom is 0.245 e. The molecule has 5 nitrogen and oxygen atoms in total. The van der Waals surface area contributed by atoms with Gasteiger partial charge in [-0.1, -0.05) is 0 Å². The lowest BCUT2D eigenvalue weighted by Crippen LogP contribution is -2.64. The molecule has 0 aliphatic carbocycles. The van der Waals surface area contributed by atoms with E-state index in [2.05, 4.69) is 5.32 Å². The molecule has 5 heteroatoms. The van der Waals surface area contributed by atoms with Crippen molar-refractivity contribution in [2.45, 2.75) is 38.3 Å². The highest BCUT2D eigenvalue weighted by Crippen LogP contribution is 2.28. The van der Waals surface area contributed by atoms with Crippen molar-refractivity contribution in [2.75, 3.05) is 19.8 Å². The third-order valence-electron chi connectivity index (χ3n) is 3.54. The fraction of sp³-hybridized carbons (Fsp3) is 0.818. The molecule has 90 valence electrons. The lowest BCUT2D eigenvalue weighted by molar-refractivity contribution is -0.153. The number of rotatable bonds is 1. The van der Waals surface area contributed by atoms with Gasteiger partial charge in [-0.2, -0.15) is 0 Å². The van der Waals surface area contributed by atoms with E-state index in [-0.39, 0.29) is 23.9 Å². The highest BCUT2D eigenvalue weighted by molar-refractivity contribution is 5.95. The fourth-order valence-electron chi connectivity index (χ4n) is 2.34. The number of piperazine rings is 1. The van der Waals surface area contributed by atoms with Crippen molar-refractivity contribution >= 4 is 11.8 Å². The Morgan fingerprint density at radius 3 is 2.62 bits per heavy atom. The molecule has 16 heavy (non-hydrogen) atoms. The summed E-state index contributed by atoms with van der Waals surface area (Å²) in [6.45, 7) is 5.28. The average Bonchev–Trinajstić information content (AvgIpc) is 2.24. The second-order valence-corrected chi connectivity index (χ2v) is 4.82. The maximum absolute atomic E-state index is 12.0. The second-order valence-electron chi connectivity index (χ2n) is 4.82. The van der Waals surface area contributed by atoms with Gasteiger partial charge in [0, 0.05) is 18.8 Å². The van der Waals surface area contributed by atoms with Gasteiger partial charge in [-0.15, -0.1) is 0 Å². The van der Waals surface area contributed by atoms with Crippen LogP contribution in [0.15, 0.2) is 0 Å². The molecule has 0 radical (unpaired) electrons. The number of ether oxygens (including phenoxy) is 1. The van der Waals surface area contributed by atoms with E-state index in [9.17, 15) is 9.59 Å². The molecule has 0 spiro atoms. The summed E-state index contributed by atoms with van der Waals surface area (Å²) in [7, 11) is 0. The molecule has 2 heterocycles. The lowest BCUT2D eigenvalue weighted by atomic mass is 9.89. The first kappa shape index (κ1) is 11.4. The Morgan fingerprint density at radius 2 is 2.00 bits per heavy atom. The molecule has 2 aliphatic rings. The van der Waals surface area contributed by atoms with Crippen molar-refractivity contribution in [1.82, 2.24) is 10.2 Å². The summed E-state index contributed by atoms with van der Waals surface area (Å²) < 4.78 is 5.31. The number of hydrogen-bond donors (Lipinski definition) is 1. The summed E-state index contributed by atoms with van der Waals surface area (Å²) in [6.07, 6.45) is 1.61. The van der Waals surface area contributed by atoms with Crippen LogP contribution in [0.1, 0.15) is 26.7 Å². The van der Waals surface area contributed by atoms with E-state index in [1.165, 1.54) is 0 Å². The number of amides is 2. The van der Waals surface area contributed by atoms with Crippen LogP contribution in [-0.2, 0) is 14.3 Å². The third-order valence-corrected chi connectivity index (χ3v) is 3.54. The molecule has 1 unspecified atom stereocenters. The minimum absolute atomic E-state index is 0.0176. The molecule has 1 atom stereocenters. The Balaban J connectivity index is 2.17. The van der Waals surface area contributed by atoms with E-state index in [4.69, 9.17) is 4.74 Å². The highest BCUT2D eigenvalue weighted by atomic mass is 16.5. The molecule has 0 aromatic heterocycles. The largest absolute Gasteiger partial charge is 0.381 e. The van der Waals surface area contributed by atoms with E-state index in [0.29, 0.717) is 13.2 Å². The molecule has 0 aromatic carbocycles. The molecule has 2 aliphatic heterocycles. The zero-order valence-electron chi connectivity index (χ0n) is 9.78. The van der Waals surface area contributed by atoms with Crippen LogP contribution in [0, 0.1) is 0 Å². The Labute approximate surface area is 95.1 Å². The van der Waals surface area contributed by atoms with E-state index in [0.717, 1.165) is 12.8 Å². The normalized spacial score (nSPS) is 30.1. The molecule has 2 amide bonds. The van der Waals surface area contributed by atoms with Crippen molar-refractivity contribution in [3.05, 3.63) is 0 Å². The summed E-state index contributed by atoms with van der Waals surface area (Å²) in [4.78, 5) is 25.2. The third kappa shape index (κ3) is 1.91. The van der Waals surface area contributed by atoms with Crippen LogP contribution < -0.4 is 5.32 Å². The molecule has 2 fully saturated rings. The van der Waals surface area contributed by atoms with Crippen LogP contribution >= 0.6 is 0 Å². The van der Waals surface area contributed by atoms with Crippen molar-refractivity contribution in [3.63, 3.8) is 0 Å². The van der Waals surface area contributed by atoms with Gasteiger partial charge in [0.1, 0.15) is 12.6 Å². The van der Waals surface area contributed by atoms with Crippen molar-refractivity contribution < 1.29 is 14.3 Å². The lowest BCUT2D eigenvalue weighted by Gasteiger charge is -2.46. The minimum atomic E-state index is -0.402. The monoisotopic (exact) mass is 226 g/mol. The summed E-state index contributed by atoms with van der Waals surface area (Å²) in [5.41, 5.74) is -0.221.